The van der Waals surface area contributed by atoms with Crippen LogP contribution < -0.4 is 9.62 Å². The average molecular weight is 550 g/mol. The monoisotopic (exact) mass is 549 g/mol. The van der Waals surface area contributed by atoms with Gasteiger partial charge in [0.2, 0.25) is 11.8 Å². The highest BCUT2D eigenvalue weighted by atomic mass is 32.2. The summed E-state index contributed by atoms with van der Waals surface area (Å²) in [5, 5.41) is 2.86. The fourth-order valence-electron chi connectivity index (χ4n) is 4.40. The predicted molar refractivity (Wildman–Crippen MR) is 156 cm³/mol. The number of hydrogen-bond donors (Lipinski definition) is 1. The minimum absolute atomic E-state index is 0.102. The van der Waals surface area contributed by atoms with Gasteiger partial charge in [-0.05, 0) is 69.9 Å². The van der Waals surface area contributed by atoms with E-state index in [2.05, 4.69) is 5.32 Å². The lowest BCUT2D eigenvalue weighted by molar-refractivity contribution is -0.138. The molecule has 0 aromatic heterocycles. The molecule has 0 unspecified atom stereocenters. The molecule has 0 aliphatic carbocycles. The SMILES string of the molecule is CCCNC(=O)[C@H](C)N(CCc1ccccc1)C(=O)CN(c1ccc(C)cc1C)S(=O)(=O)c1ccc(C)cc1. The number of aryl methyl sites for hydroxylation is 3. The summed E-state index contributed by atoms with van der Waals surface area (Å²) in [4.78, 5) is 28.4. The Hall–Kier alpha value is -3.65. The van der Waals surface area contributed by atoms with Gasteiger partial charge in [0.25, 0.3) is 10.0 Å². The number of rotatable bonds is 12. The lowest BCUT2D eigenvalue weighted by Gasteiger charge is -2.32. The topological polar surface area (TPSA) is 86.8 Å². The van der Waals surface area contributed by atoms with E-state index in [4.69, 9.17) is 0 Å². The molecule has 0 fully saturated rings. The first kappa shape index (κ1) is 29.9. The first-order valence-corrected chi connectivity index (χ1v) is 14.8. The second-order valence-electron chi connectivity index (χ2n) is 9.90. The molecule has 0 radical (unpaired) electrons. The van der Waals surface area contributed by atoms with Gasteiger partial charge in [-0.1, -0.05) is 72.6 Å². The lowest BCUT2D eigenvalue weighted by atomic mass is 10.1. The Morgan fingerprint density at radius 3 is 2.15 bits per heavy atom. The zero-order valence-corrected chi connectivity index (χ0v) is 24.3. The third-order valence-electron chi connectivity index (χ3n) is 6.71. The van der Waals surface area contributed by atoms with Crippen LogP contribution in [0.3, 0.4) is 0 Å². The van der Waals surface area contributed by atoms with Crippen LogP contribution in [0.25, 0.3) is 0 Å². The summed E-state index contributed by atoms with van der Waals surface area (Å²) in [5.41, 5.74) is 4.11. The van der Waals surface area contributed by atoms with Crippen molar-refractivity contribution >= 4 is 27.5 Å². The van der Waals surface area contributed by atoms with Crippen LogP contribution >= 0.6 is 0 Å². The summed E-state index contributed by atoms with van der Waals surface area (Å²) < 4.78 is 29.0. The second-order valence-corrected chi connectivity index (χ2v) is 11.8. The third kappa shape index (κ3) is 7.69. The van der Waals surface area contributed by atoms with E-state index >= 15 is 0 Å². The summed E-state index contributed by atoms with van der Waals surface area (Å²) in [6.07, 6.45) is 1.30. The maximum Gasteiger partial charge on any atom is 0.264 e. The predicted octanol–water partition coefficient (Wildman–Crippen LogP) is 4.79. The molecule has 3 aromatic carbocycles. The third-order valence-corrected chi connectivity index (χ3v) is 8.48. The lowest BCUT2D eigenvalue weighted by Crippen LogP contribution is -2.52. The Balaban J connectivity index is 2.00. The highest BCUT2D eigenvalue weighted by Gasteiger charge is 2.32. The van der Waals surface area contributed by atoms with Crippen LogP contribution in [0.15, 0.2) is 77.7 Å². The normalized spacial score (nSPS) is 12.0. The number of sulfonamides is 1. The van der Waals surface area contributed by atoms with Crippen molar-refractivity contribution in [2.45, 2.75) is 58.4 Å². The van der Waals surface area contributed by atoms with Crippen LogP contribution in [0.5, 0.6) is 0 Å². The Bertz CT molecular complexity index is 1370. The Morgan fingerprint density at radius 2 is 1.54 bits per heavy atom. The van der Waals surface area contributed by atoms with E-state index in [-0.39, 0.29) is 17.3 Å². The summed E-state index contributed by atoms with van der Waals surface area (Å²) in [7, 11) is -4.08. The molecule has 0 saturated carbocycles. The molecule has 0 aliphatic heterocycles. The standard InChI is InChI=1S/C31H39N3O4S/c1-6-19-32-31(36)26(5)33(20-18-27-10-8-7-9-11-27)30(35)22-34(29-17-14-24(3)21-25(29)4)39(37,38)28-15-12-23(2)13-16-28/h7-17,21,26H,6,18-20,22H2,1-5H3,(H,32,36)/t26-/m0/s1. The molecule has 2 amide bonds. The van der Waals surface area contributed by atoms with Crippen LogP contribution in [0.4, 0.5) is 5.69 Å². The maximum atomic E-state index is 13.9. The van der Waals surface area contributed by atoms with Crippen LogP contribution in [0, 0.1) is 20.8 Å². The van der Waals surface area contributed by atoms with E-state index in [1.165, 1.54) is 9.21 Å². The van der Waals surface area contributed by atoms with E-state index < -0.39 is 28.5 Å². The molecule has 8 heteroatoms. The highest BCUT2D eigenvalue weighted by Crippen LogP contribution is 2.28. The summed E-state index contributed by atoms with van der Waals surface area (Å²) in [6.45, 7) is 9.64. The second kappa shape index (κ2) is 13.4. The summed E-state index contributed by atoms with van der Waals surface area (Å²) in [5.74, 6) is -0.710. The molecule has 3 aromatic rings. The van der Waals surface area contributed by atoms with Gasteiger partial charge in [0, 0.05) is 13.1 Å². The largest absolute Gasteiger partial charge is 0.354 e. The Kier molecular flexibility index (Phi) is 10.3. The molecular formula is C31H39N3O4S. The zero-order valence-electron chi connectivity index (χ0n) is 23.5. The van der Waals surface area contributed by atoms with E-state index in [1.54, 1.807) is 37.3 Å². The van der Waals surface area contributed by atoms with Crippen LogP contribution in [-0.2, 0) is 26.0 Å². The van der Waals surface area contributed by atoms with Gasteiger partial charge in [-0.3, -0.25) is 13.9 Å². The average Bonchev–Trinajstić information content (AvgIpc) is 2.91. The number of carbonyl (C=O) groups is 2. The van der Waals surface area contributed by atoms with Crippen molar-refractivity contribution in [3.63, 3.8) is 0 Å². The minimum atomic E-state index is -4.08. The molecule has 0 aliphatic rings. The van der Waals surface area contributed by atoms with Crippen molar-refractivity contribution in [2.75, 3.05) is 23.9 Å². The summed E-state index contributed by atoms with van der Waals surface area (Å²) >= 11 is 0. The number of carbonyl (C=O) groups excluding carboxylic acids is 2. The zero-order chi connectivity index (χ0) is 28.6. The van der Waals surface area contributed by atoms with Crippen molar-refractivity contribution in [2.24, 2.45) is 0 Å². The van der Waals surface area contributed by atoms with Crippen molar-refractivity contribution in [1.82, 2.24) is 10.2 Å². The van der Waals surface area contributed by atoms with Crippen molar-refractivity contribution in [3.8, 4) is 0 Å². The van der Waals surface area contributed by atoms with Crippen molar-refractivity contribution in [1.29, 1.82) is 0 Å². The first-order valence-electron chi connectivity index (χ1n) is 13.3. The van der Waals surface area contributed by atoms with Crippen LogP contribution in [0.2, 0.25) is 0 Å². The molecule has 0 saturated heterocycles. The molecule has 39 heavy (non-hydrogen) atoms. The molecule has 3 rings (SSSR count). The number of nitrogens with one attached hydrogen (secondary N) is 1. The number of amides is 2. The molecule has 0 heterocycles. The maximum absolute atomic E-state index is 13.9. The van der Waals surface area contributed by atoms with Crippen LogP contribution in [-0.4, -0.2) is 50.8 Å². The number of hydrogen-bond acceptors (Lipinski definition) is 4. The van der Waals surface area contributed by atoms with E-state index in [9.17, 15) is 18.0 Å². The van der Waals surface area contributed by atoms with E-state index in [0.29, 0.717) is 18.7 Å². The van der Waals surface area contributed by atoms with Gasteiger partial charge in [-0.25, -0.2) is 8.42 Å². The fourth-order valence-corrected chi connectivity index (χ4v) is 5.88. The van der Waals surface area contributed by atoms with E-state index in [1.807, 2.05) is 70.2 Å². The molecular weight excluding hydrogens is 510 g/mol. The Labute approximate surface area is 232 Å². The quantitative estimate of drug-likeness (QED) is 0.352. The van der Waals surface area contributed by atoms with Gasteiger partial charge >= 0.3 is 0 Å². The molecule has 0 spiro atoms. The highest BCUT2D eigenvalue weighted by molar-refractivity contribution is 7.92. The van der Waals surface area contributed by atoms with Crippen LogP contribution in [0.1, 0.15) is 42.5 Å². The smallest absolute Gasteiger partial charge is 0.264 e. The summed E-state index contributed by atoms with van der Waals surface area (Å²) in [6, 6.07) is 21.0. The van der Waals surface area contributed by atoms with E-state index in [0.717, 1.165) is 28.7 Å². The van der Waals surface area contributed by atoms with Gasteiger partial charge in [-0.15, -0.1) is 0 Å². The molecule has 0 bridgehead atoms. The van der Waals surface area contributed by atoms with Gasteiger partial charge < -0.3 is 10.2 Å². The molecule has 1 N–H and O–H groups in total. The van der Waals surface area contributed by atoms with Gasteiger partial charge in [0.05, 0.1) is 10.6 Å². The van der Waals surface area contributed by atoms with Crippen molar-refractivity contribution < 1.29 is 18.0 Å². The Morgan fingerprint density at radius 1 is 0.897 bits per heavy atom. The molecule has 208 valence electrons. The first-order chi connectivity index (χ1) is 18.5. The van der Waals surface area contributed by atoms with Crippen molar-refractivity contribution in [3.05, 3.63) is 95.1 Å². The van der Waals surface area contributed by atoms with Gasteiger partial charge in [0.1, 0.15) is 12.6 Å². The fraction of sp³-hybridized carbons (Fsp3) is 0.355. The molecule has 7 nitrogen and oxygen atoms in total. The molecule has 1 atom stereocenters. The minimum Gasteiger partial charge on any atom is -0.354 e. The van der Waals surface area contributed by atoms with Gasteiger partial charge in [0.15, 0.2) is 0 Å². The number of benzene rings is 3. The van der Waals surface area contributed by atoms with Gasteiger partial charge in [-0.2, -0.15) is 0 Å². The number of nitrogens with zero attached hydrogens (tertiary/aromatic N) is 2. The number of anilines is 1.